The summed E-state index contributed by atoms with van der Waals surface area (Å²) in [6.07, 6.45) is 0. The number of ether oxygens (including phenoxy) is 1. The molecule has 21 heavy (non-hydrogen) atoms. The van der Waals surface area contributed by atoms with Gasteiger partial charge >= 0.3 is 5.69 Å². The number of halogens is 1. The number of rotatable bonds is 5. The van der Waals surface area contributed by atoms with Crippen molar-refractivity contribution in [1.29, 1.82) is 0 Å². The molecular formula is C14H14FN3O3. The SMILES string of the molecule is Cc1ccc(OCc2ccc([N+](=O)[O-])c(F)c2)c(CN)n1. The van der Waals surface area contributed by atoms with E-state index in [-0.39, 0.29) is 13.2 Å². The number of aryl methyl sites for hydroxylation is 1. The van der Waals surface area contributed by atoms with Gasteiger partial charge in [-0.25, -0.2) is 0 Å². The summed E-state index contributed by atoms with van der Waals surface area (Å²) >= 11 is 0. The Morgan fingerprint density at radius 2 is 2.14 bits per heavy atom. The Balaban J connectivity index is 2.13. The molecule has 0 aliphatic carbocycles. The first-order chi connectivity index (χ1) is 10.0. The van der Waals surface area contributed by atoms with E-state index < -0.39 is 16.4 Å². The van der Waals surface area contributed by atoms with Crippen molar-refractivity contribution >= 4 is 5.69 Å². The number of hydrogen-bond donors (Lipinski definition) is 1. The highest BCUT2D eigenvalue weighted by atomic mass is 19.1. The maximum absolute atomic E-state index is 13.5. The lowest BCUT2D eigenvalue weighted by Crippen LogP contribution is -2.06. The molecule has 2 rings (SSSR count). The van der Waals surface area contributed by atoms with Crippen LogP contribution in [0.2, 0.25) is 0 Å². The number of aromatic nitrogens is 1. The van der Waals surface area contributed by atoms with E-state index in [1.165, 1.54) is 6.07 Å². The molecule has 0 spiro atoms. The van der Waals surface area contributed by atoms with Crippen molar-refractivity contribution in [1.82, 2.24) is 4.98 Å². The summed E-state index contributed by atoms with van der Waals surface area (Å²) in [5.74, 6) is -0.371. The zero-order chi connectivity index (χ0) is 15.4. The van der Waals surface area contributed by atoms with Gasteiger partial charge in [-0.3, -0.25) is 15.1 Å². The molecular weight excluding hydrogens is 277 g/mol. The van der Waals surface area contributed by atoms with Gasteiger partial charge in [-0.05, 0) is 36.8 Å². The summed E-state index contributed by atoms with van der Waals surface area (Å²) in [5, 5.41) is 10.5. The molecule has 1 aromatic carbocycles. The molecule has 0 unspecified atom stereocenters. The molecule has 1 heterocycles. The summed E-state index contributed by atoms with van der Waals surface area (Å²) in [7, 11) is 0. The fourth-order valence-electron chi connectivity index (χ4n) is 1.82. The van der Waals surface area contributed by atoms with E-state index >= 15 is 0 Å². The van der Waals surface area contributed by atoms with Gasteiger partial charge in [0.15, 0.2) is 0 Å². The summed E-state index contributed by atoms with van der Waals surface area (Å²) in [5.41, 5.74) is 6.95. The Labute approximate surface area is 120 Å². The molecule has 0 amide bonds. The van der Waals surface area contributed by atoms with Crippen LogP contribution in [0.4, 0.5) is 10.1 Å². The molecule has 2 aromatic rings. The fraction of sp³-hybridized carbons (Fsp3) is 0.214. The second-order valence-corrected chi connectivity index (χ2v) is 4.43. The van der Waals surface area contributed by atoms with Gasteiger partial charge in [0.1, 0.15) is 12.4 Å². The lowest BCUT2D eigenvalue weighted by atomic mass is 10.2. The molecule has 110 valence electrons. The maximum Gasteiger partial charge on any atom is 0.304 e. The standard InChI is InChI=1S/C14H14FN3O3/c1-9-2-5-14(12(7-16)17-9)21-8-10-3-4-13(18(19)20)11(15)6-10/h2-6H,7-8,16H2,1H3. The number of hydrogen-bond acceptors (Lipinski definition) is 5. The highest BCUT2D eigenvalue weighted by molar-refractivity contribution is 5.35. The normalized spacial score (nSPS) is 10.4. The molecule has 0 aliphatic heterocycles. The predicted molar refractivity (Wildman–Crippen MR) is 74.3 cm³/mol. The summed E-state index contributed by atoms with van der Waals surface area (Å²) in [6.45, 7) is 2.15. The fourth-order valence-corrected chi connectivity index (χ4v) is 1.82. The van der Waals surface area contributed by atoms with Crippen molar-refractivity contribution in [2.24, 2.45) is 5.73 Å². The zero-order valence-electron chi connectivity index (χ0n) is 11.4. The smallest absolute Gasteiger partial charge is 0.304 e. The van der Waals surface area contributed by atoms with Crippen LogP contribution in [0.3, 0.4) is 0 Å². The molecule has 0 radical (unpaired) electrons. The maximum atomic E-state index is 13.5. The van der Waals surface area contributed by atoms with Crippen LogP contribution in [-0.4, -0.2) is 9.91 Å². The first kappa shape index (κ1) is 14.9. The van der Waals surface area contributed by atoms with Crippen molar-refractivity contribution in [2.45, 2.75) is 20.1 Å². The number of nitrogens with two attached hydrogens (primary N) is 1. The topological polar surface area (TPSA) is 91.3 Å². The first-order valence-electron chi connectivity index (χ1n) is 6.23. The van der Waals surface area contributed by atoms with E-state index in [0.29, 0.717) is 17.0 Å². The van der Waals surface area contributed by atoms with Crippen LogP contribution in [0.25, 0.3) is 0 Å². The minimum absolute atomic E-state index is 0.0760. The zero-order valence-corrected chi connectivity index (χ0v) is 11.4. The highest BCUT2D eigenvalue weighted by Gasteiger charge is 2.14. The Morgan fingerprint density at radius 1 is 1.38 bits per heavy atom. The largest absolute Gasteiger partial charge is 0.487 e. The van der Waals surface area contributed by atoms with E-state index in [4.69, 9.17) is 10.5 Å². The molecule has 0 aliphatic rings. The van der Waals surface area contributed by atoms with E-state index in [1.54, 1.807) is 12.1 Å². The van der Waals surface area contributed by atoms with Crippen LogP contribution in [0.5, 0.6) is 5.75 Å². The molecule has 1 aromatic heterocycles. The minimum Gasteiger partial charge on any atom is -0.487 e. The first-order valence-corrected chi connectivity index (χ1v) is 6.23. The lowest BCUT2D eigenvalue weighted by Gasteiger charge is -2.10. The molecule has 0 saturated heterocycles. The number of nitrogens with zero attached hydrogens (tertiary/aromatic N) is 2. The van der Waals surface area contributed by atoms with Crippen LogP contribution in [0.1, 0.15) is 17.0 Å². The third kappa shape index (κ3) is 3.51. The number of nitro groups is 1. The third-order valence-corrected chi connectivity index (χ3v) is 2.87. The van der Waals surface area contributed by atoms with Gasteiger partial charge in [-0.15, -0.1) is 0 Å². The van der Waals surface area contributed by atoms with Crippen molar-refractivity contribution in [3.05, 3.63) is 63.2 Å². The molecule has 6 nitrogen and oxygen atoms in total. The lowest BCUT2D eigenvalue weighted by molar-refractivity contribution is -0.387. The Morgan fingerprint density at radius 3 is 2.76 bits per heavy atom. The van der Waals surface area contributed by atoms with E-state index in [1.807, 2.05) is 6.92 Å². The third-order valence-electron chi connectivity index (χ3n) is 2.87. The average Bonchev–Trinajstić information content (AvgIpc) is 2.45. The second kappa shape index (κ2) is 6.27. The Kier molecular flexibility index (Phi) is 4.44. The Bertz CT molecular complexity index is 677. The van der Waals surface area contributed by atoms with E-state index in [2.05, 4.69) is 4.98 Å². The molecule has 7 heteroatoms. The quantitative estimate of drug-likeness (QED) is 0.675. The van der Waals surface area contributed by atoms with Crippen LogP contribution in [0, 0.1) is 22.9 Å². The van der Waals surface area contributed by atoms with Crippen molar-refractivity contribution in [2.75, 3.05) is 0 Å². The van der Waals surface area contributed by atoms with E-state index in [0.717, 1.165) is 17.8 Å². The minimum atomic E-state index is -0.887. The van der Waals surface area contributed by atoms with Gasteiger partial charge < -0.3 is 10.5 Å². The molecule has 2 N–H and O–H groups in total. The van der Waals surface area contributed by atoms with Crippen LogP contribution in [0.15, 0.2) is 30.3 Å². The summed E-state index contributed by atoms with van der Waals surface area (Å²) < 4.78 is 19.0. The molecule has 0 bridgehead atoms. The summed E-state index contributed by atoms with van der Waals surface area (Å²) in [4.78, 5) is 14.0. The second-order valence-electron chi connectivity index (χ2n) is 4.43. The Hall–Kier alpha value is -2.54. The van der Waals surface area contributed by atoms with Crippen molar-refractivity contribution < 1.29 is 14.1 Å². The van der Waals surface area contributed by atoms with Crippen molar-refractivity contribution in [3.8, 4) is 5.75 Å². The van der Waals surface area contributed by atoms with Gasteiger partial charge in [0.25, 0.3) is 0 Å². The monoisotopic (exact) mass is 291 g/mol. The number of benzene rings is 1. The number of pyridine rings is 1. The van der Waals surface area contributed by atoms with Crippen LogP contribution in [-0.2, 0) is 13.2 Å². The van der Waals surface area contributed by atoms with Crippen LogP contribution < -0.4 is 10.5 Å². The van der Waals surface area contributed by atoms with Crippen molar-refractivity contribution in [3.63, 3.8) is 0 Å². The van der Waals surface area contributed by atoms with E-state index in [9.17, 15) is 14.5 Å². The number of nitro benzene ring substituents is 1. The highest BCUT2D eigenvalue weighted by Crippen LogP contribution is 2.21. The van der Waals surface area contributed by atoms with Gasteiger partial charge in [-0.1, -0.05) is 0 Å². The van der Waals surface area contributed by atoms with Gasteiger partial charge in [-0.2, -0.15) is 4.39 Å². The van der Waals surface area contributed by atoms with Gasteiger partial charge in [0.05, 0.1) is 10.6 Å². The van der Waals surface area contributed by atoms with Gasteiger partial charge in [0.2, 0.25) is 5.82 Å². The summed E-state index contributed by atoms with van der Waals surface area (Å²) in [6, 6.07) is 7.18. The molecule has 0 saturated carbocycles. The average molecular weight is 291 g/mol. The molecule has 0 atom stereocenters. The predicted octanol–water partition coefficient (Wildman–Crippen LogP) is 2.48. The van der Waals surface area contributed by atoms with Crippen LogP contribution >= 0.6 is 0 Å². The molecule has 0 fully saturated rings. The van der Waals surface area contributed by atoms with Gasteiger partial charge in [0, 0.05) is 18.3 Å².